The van der Waals surface area contributed by atoms with Gasteiger partial charge in [-0.1, -0.05) is 30.3 Å². The summed E-state index contributed by atoms with van der Waals surface area (Å²) in [5, 5.41) is 1.08. The summed E-state index contributed by atoms with van der Waals surface area (Å²) in [5.74, 6) is -0.155. The maximum Gasteiger partial charge on any atom is 0.127 e. The second-order valence-electron chi connectivity index (χ2n) is 7.09. The lowest BCUT2D eigenvalue weighted by molar-refractivity contribution is 0.492. The van der Waals surface area contributed by atoms with Gasteiger partial charge in [-0.2, -0.15) is 0 Å². The molecule has 0 radical (unpaired) electrons. The van der Waals surface area contributed by atoms with Crippen LogP contribution in [-0.4, -0.2) is 16.2 Å². The van der Waals surface area contributed by atoms with Crippen LogP contribution in [0.25, 0.3) is 10.9 Å². The molecule has 0 amide bonds. The number of pyridine rings is 1. The molecule has 1 aliphatic rings. The molecule has 0 aliphatic carbocycles. The highest BCUT2D eigenvalue weighted by molar-refractivity contribution is 6.15. The normalized spacial score (nSPS) is 15.9. The van der Waals surface area contributed by atoms with Crippen LogP contribution < -0.4 is 0 Å². The van der Waals surface area contributed by atoms with E-state index < -0.39 is 0 Å². The number of nitrogens with zero attached hydrogens (tertiary/aromatic N) is 2. The lowest BCUT2D eigenvalue weighted by Crippen LogP contribution is -2.30. The van der Waals surface area contributed by atoms with Crippen LogP contribution in [0.15, 0.2) is 53.7 Å². The van der Waals surface area contributed by atoms with Crippen molar-refractivity contribution in [3.05, 3.63) is 76.7 Å². The van der Waals surface area contributed by atoms with Gasteiger partial charge in [0, 0.05) is 29.1 Å². The zero-order valence-corrected chi connectivity index (χ0v) is 14.1. The monoisotopic (exact) mass is 318 g/mol. The summed E-state index contributed by atoms with van der Waals surface area (Å²) in [6, 6.07) is 13.5. The minimum absolute atomic E-state index is 0.155. The fraction of sp³-hybridized carbons (Fsp3) is 0.238. The van der Waals surface area contributed by atoms with E-state index in [9.17, 15) is 4.39 Å². The zero-order chi connectivity index (χ0) is 16.9. The molecule has 1 aromatic heterocycles. The highest BCUT2D eigenvalue weighted by atomic mass is 19.1. The lowest BCUT2D eigenvalue weighted by Gasteiger charge is -2.29. The van der Waals surface area contributed by atoms with Crippen LogP contribution >= 0.6 is 0 Å². The minimum Gasteiger partial charge on any atom is -0.278 e. The van der Waals surface area contributed by atoms with Gasteiger partial charge in [-0.05, 0) is 44.0 Å². The topological polar surface area (TPSA) is 25.2 Å². The average Bonchev–Trinajstić information content (AvgIpc) is 2.54. The predicted octanol–water partition coefficient (Wildman–Crippen LogP) is 4.85. The van der Waals surface area contributed by atoms with Crippen LogP contribution in [0.2, 0.25) is 0 Å². The number of aliphatic imine (C=N–C) groups is 1. The molecular weight excluding hydrogens is 299 g/mol. The maximum atomic E-state index is 14.3. The summed E-state index contributed by atoms with van der Waals surface area (Å²) < 4.78 is 14.3. The molecule has 4 rings (SSSR count). The fourth-order valence-corrected chi connectivity index (χ4v) is 3.46. The number of aryl methyl sites for hydroxylation is 1. The lowest BCUT2D eigenvalue weighted by atomic mass is 9.85. The molecule has 0 spiro atoms. The van der Waals surface area contributed by atoms with Crippen molar-refractivity contribution in [1.82, 2.24) is 4.98 Å². The Morgan fingerprint density at radius 1 is 1.08 bits per heavy atom. The van der Waals surface area contributed by atoms with Crippen molar-refractivity contribution in [1.29, 1.82) is 0 Å². The summed E-state index contributed by atoms with van der Waals surface area (Å²) in [6.45, 7) is 6.14. The Morgan fingerprint density at radius 3 is 2.71 bits per heavy atom. The van der Waals surface area contributed by atoms with Gasteiger partial charge in [-0.25, -0.2) is 4.39 Å². The fourth-order valence-electron chi connectivity index (χ4n) is 3.46. The third-order valence-electron chi connectivity index (χ3n) is 4.58. The molecule has 0 saturated carbocycles. The van der Waals surface area contributed by atoms with Crippen molar-refractivity contribution in [2.45, 2.75) is 32.7 Å². The van der Waals surface area contributed by atoms with Crippen LogP contribution in [0, 0.1) is 12.7 Å². The largest absolute Gasteiger partial charge is 0.278 e. The highest BCUT2D eigenvalue weighted by Gasteiger charge is 2.29. The first-order chi connectivity index (χ1) is 11.4. The number of para-hydroxylation sites is 1. The molecule has 0 unspecified atom stereocenters. The quantitative estimate of drug-likeness (QED) is 0.629. The standard InChI is InChI=1S/C21H19FN2/c1-13-6-4-7-14-10-15(12-23-19(13)14)20-16-8-5-9-18(22)17(16)11-21(2,3)24-20/h4-10,12H,11H2,1-3H3. The van der Waals surface area contributed by atoms with Gasteiger partial charge in [0.2, 0.25) is 0 Å². The first kappa shape index (κ1) is 15.0. The zero-order valence-electron chi connectivity index (χ0n) is 14.1. The Morgan fingerprint density at radius 2 is 1.88 bits per heavy atom. The van der Waals surface area contributed by atoms with Crippen LogP contribution in [0.3, 0.4) is 0 Å². The number of benzene rings is 2. The Hall–Kier alpha value is -2.55. The van der Waals surface area contributed by atoms with E-state index in [1.807, 2.05) is 32.2 Å². The molecule has 0 fully saturated rings. The second-order valence-corrected chi connectivity index (χ2v) is 7.09. The summed E-state index contributed by atoms with van der Waals surface area (Å²) >= 11 is 0. The van der Waals surface area contributed by atoms with E-state index in [0.717, 1.165) is 38.9 Å². The summed E-state index contributed by atoms with van der Waals surface area (Å²) in [7, 11) is 0. The van der Waals surface area contributed by atoms with E-state index in [2.05, 4.69) is 30.1 Å². The number of hydrogen-bond acceptors (Lipinski definition) is 2. The van der Waals surface area contributed by atoms with Crippen LogP contribution in [0.5, 0.6) is 0 Å². The molecule has 2 heterocycles. The van der Waals surface area contributed by atoms with Crippen molar-refractivity contribution in [3.63, 3.8) is 0 Å². The molecule has 2 aromatic carbocycles. The summed E-state index contributed by atoms with van der Waals surface area (Å²) in [5.41, 5.74) is 5.21. The molecular formula is C21H19FN2. The van der Waals surface area contributed by atoms with Gasteiger partial charge < -0.3 is 0 Å². The first-order valence-corrected chi connectivity index (χ1v) is 8.18. The molecule has 3 heteroatoms. The van der Waals surface area contributed by atoms with Gasteiger partial charge in [0.05, 0.1) is 16.8 Å². The van der Waals surface area contributed by atoms with E-state index >= 15 is 0 Å². The SMILES string of the molecule is Cc1cccc2cc(C3=NC(C)(C)Cc4c(F)cccc43)cnc12. The van der Waals surface area contributed by atoms with Gasteiger partial charge in [-0.15, -0.1) is 0 Å². The molecule has 3 aromatic rings. The predicted molar refractivity (Wildman–Crippen MR) is 96.3 cm³/mol. The van der Waals surface area contributed by atoms with Crippen LogP contribution in [0.4, 0.5) is 4.39 Å². The van der Waals surface area contributed by atoms with Crippen molar-refractivity contribution in [2.24, 2.45) is 4.99 Å². The van der Waals surface area contributed by atoms with Gasteiger partial charge >= 0.3 is 0 Å². The number of halogens is 1. The average molecular weight is 318 g/mol. The van der Waals surface area contributed by atoms with Gasteiger partial charge in [-0.3, -0.25) is 9.98 Å². The molecule has 1 aliphatic heterocycles. The molecule has 0 bridgehead atoms. The van der Waals surface area contributed by atoms with E-state index in [1.165, 1.54) is 6.07 Å². The third kappa shape index (κ3) is 2.41. The molecule has 2 nitrogen and oxygen atoms in total. The van der Waals surface area contributed by atoms with Gasteiger partial charge in [0.25, 0.3) is 0 Å². The van der Waals surface area contributed by atoms with Crippen LogP contribution in [-0.2, 0) is 6.42 Å². The summed E-state index contributed by atoms with van der Waals surface area (Å²) in [6.07, 6.45) is 2.46. The van der Waals surface area contributed by atoms with E-state index in [0.29, 0.717) is 6.42 Å². The molecule has 0 N–H and O–H groups in total. The van der Waals surface area contributed by atoms with Crippen molar-refractivity contribution in [2.75, 3.05) is 0 Å². The van der Waals surface area contributed by atoms with E-state index in [1.54, 1.807) is 6.07 Å². The Labute approximate surface area is 141 Å². The molecule has 0 atom stereocenters. The second kappa shape index (κ2) is 5.23. The Bertz CT molecular complexity index is 986. The Kier molecular flexibility index (Phi) is 3.27. The maximum absolute atomic E-state index is 14.3. The smallest absolute Gasteiger partial charge is 0.127 e. The number of hydrogen-bond donors (Lipinski definition) is 0. The first-order valence-electron chi connectivity index (χ1n) is 8.18. The van der Waals surface area contributed by atoms with Crippen molar-refractivity contribution < 1.29 is 4.39 Å². The van der Waals surface area contributed by atoms with E-state index in [-0.39, 0.29) is 11.4 Å². The number of aromatic nitrogens is 1. The van der Waals surface area contributed by atoms with Crippen LogP contribution in [0.1, 0.15) is 36.1 Å². The molecule has 24 heavy (non-hydrogen) atoms. The minimum atomic E-state index is -0.327. The van der Waals surface area contributed by atoms with Crippen molar-refractivity contribution in [3.8, 4) is 0 Å². The van der Waals surface area contributed by atoms with E-state index in [4.69, 9.17) is 4.99 Å². The van der Waals surface area contributed by atoms with Gasteiger partial charge in [0.1, 0.15) is 5.82 Å². The number of rotatable bonds is 1. The number of fused-ring (bicyclic) bond motifs is 2. The van der Waals surface area contributed by atoms with Crippen molar-refractivity contribution >= 4 is 16.6 Å². The van der Waals surface area contributed by atoms with Gasteiger partial charge in [0.15, 0.2) is 0 Å². The Balaban J connectivity index is 1.95. The summed E-state index contributed by atoms with van der Waals surface area (Å²) in [4.78, 5) is 9.53. The molecule has 0 saturated heterocycles. The highest BCUT2D eigenvalue weighted by Crippen LogP contribution is 2.31. The third-order valence-corrected chi connectivity index (χ3v) is 4.58. The molecule has 120 valence electrons.